The number of halogens is 1. The third-order valence-corrected chi connectivity index (χ3v) is 3.75. The first kappa shape index (κ1) is 17.8. The maximum absolute atomic E-state index is 12.0. The summed E-state index contributed by atoms with van der Waals surface area (Å²) < 4.78 is 4.94. The Bertz CT molecular complexity index is 774. The van der Waals surface area contributed by atoms with E-state index in [0.29, 0.717) is 5.02 Å². The van der Waals surface area contributed by atoms with Crippen LogP contribution in [-0.2, 0) is 16.0 Å². The third-order valence-electron chi connectivity index (χ3n) is 3.52. The molecule has 0 bridgehead atoms. The minimum Gasteiger partial charge on any atom is -0.507 e. The van der Waals surface area contributed by atoms with E-state index in [4.69, 9.17) is 16.3 Å². The van der Waals surface area contributed by atoms with E-state index in [1.165, 1.54) is 18.2 Å². The molecule has 2 rings (SSSR count). The van der Waals surface area contributed by atoms with Gasteiger partial charge < -0.3 is 15.2 Å². The van der Waals surface area contributed by atoms with Crippen molar-refractivity contribution in [1.29, 1.82) is 0 Å². The number of rotatable bonds is 5. The van der Waals surface area contributed by atoms with Gasteiger partial charge in [-0.2, -0.15) is 0 Å². The van der Waals surface area contributed by atoms with E-state index in [1.54, 1.807) is 0 Å². The van der Waals surface area contributed by atoms with Crippen molar-refractivity contribution in [2.75, 3.05) is 11.9 Å². The number of esters is 1. The molecule has 0 radical (unpaired) electrons. The van der Waals surface area contributed by atoms with Gasteiger partial charge in [0.15, 0.2) is 6.61 Å². The van der Waals surface area contributed by atoms with Crippen LogP contribution >= 0.6 is 11.6 Å². The van der Waals surface area contributed by atoms with Gasteiger partial charge in [0.1, 0.15) is 11.3 Å². The van der Waals surface area contributed by atoms with Crippen molar-refractivity contribution in [2.45, 2.75) is 20.3 Å². The highest BCUT2D eigenvalue weighted by molar-refractivity contribution is 6.30. The number of anilines is 1. The summed E-state index contributed by atoms with van der Waals surface area (Å²) in [5, 5.41) is 12.7. The topological polar surface area (TPSA) is 75.6 Å². The number of phenolic OH excluding ortho intramolecular Hbond substituents is 1. The normalized spacial score (nSPS) is 10.3. The fourth-order valence-electron chi connectivity index (χ4n) is 2.26. The zero-order valence-electron chi connectivity index (χ0n) is 13.4. The molecule has 0 heterocycles. The number of aromatic hydroxyl groups is 1. The number of carbonyl (C=O) groups is 2. The van der Waals surface area contributed by atoms with Gasteiger partial charge >= 0.3 is 5.97 Å². The molecule has 0 saturated carbocycles. The maximum Gasteiger partial charge on any atom is 0.342 e. The van der Waals surface area contributed by atoms with Crippen LogP contribution in [-0.4, -0.2) is 23.6 Å². The van der Waals surface area contributed by atoms with Crippen LogP contribution in [0.4, 0.5) is 5.69 Å². The molecule has 0 saturated heterocycles. The van der Waals surface area contributed by atoms with Crippen molar-refractivity contribution in [3.8, 4) is 5.75 Å². The van der Waals surface area contributed by atoms with Crippen molar-refractivity contribution in [3.63, 3.8) is 0 Å². The van der Waals surface area contributed by atoms with Crippen LogP contribution in [0.25, 0.3) is 0 Å². The van der Waals surface area contributed by atoms with Crippen LogP contribution in [0.15, 0.2) is 36.4 Å². The molecule has 0 aliphatic rings. The lowest BCUT2D eigenvalue weighted by Gasteiger charge is -2.13. The average molecular weight is 348 g/mol. The molecule has 0 fully saturated rings. The highest BCUT2D eigenvalue weighted by atomic mass is 35.5. The Morgan fingerprint density at radius 2 is 2.00 bits per heavy atom. The number of hydrogen-bond acceptors (Lipinski definition) is 4. The molecule has 0 atom stereocenters. The molecule has 5 nitrogen and oxygen atoms in total. The largest absolute Gasteiger partial charge is 0.507 e. The molecule has 2 aromatic carbocycles. The number of hydrogen-bond donors (Lipinski definition) is 2. The van der Waals surface area contributed by atoms with Gasteiger partial charge in [-0.15, -0.1) is 0 Å². The van der Waals surface area contributed by atoms with E-state index in [2.05, 4.69) is 5.32 Å². The standard InChI is InChI=1S/C18H18ClNO4/c1-3-12-6-4-5-11(2)17(12)20-16(22)10-24-18(23)14-8-7-13(19)9-15(14)21/h4-9,21H,3,10H2,1-2H3,(H,20,22). The number of carbonyl (C=O) groups excluding carboxylic acids is 2. The summed E-state index contributed by atoms with van der Waals surface area (Å²) in [7, 11) is 0. The van der Waals surface area contributed by atoms with Crippen LogP contribution in [0.3, 0.4) is 0 Å². The first-order chi connectivity index (χ1) is 11.4. The molecule has 0 aliphatic heterocycles. The first-order valence-electron chi connectivity index (χ1n) is 7.46. The first-order valence-corrected chi connectivity index (χ1v) is 7.84. The van der Waals surface area contributed by atoms with Crippen LogP contribution in [0.5, 0.6) is 5.75 Å². The van der Waals surface area contributed by atoms with Crippen LogP contribution < -0.4 is 5.32 Å². The van der Waals surface area contributed by atoms with E-state index in [0.717, 1.165) is 23.2 Å². The van der Waals surface area contributed by atoms with Gasteiger partial charge in [0.25, 0.3) is 5.91 Å². The van der Waals surface area contributed by atoms with Crippen molar-refractivity contribution in [2.24, 2.45) is 0 Å². The third kappa shape index (κ3) is 4.26. The van der Waals surface area contributed by atoms with Gasteiger partial charge in [-0.05, 0) is 42.7 Å². The Morgan fingerprint density at radius 3 is 2.67 bits per heavy atom. The minimum absolute atomic E-state index is 0.0441. The SMILES string of the molecule is CCc1cccc(C)c1NC(=O)COC(=O)c1ccc(Cl)cc1O. The fraction of sp³-hybridized carbons (Fsp3) is 0.222. The van der Waals surface area contributed by atoms with Gasteiger partial charge in [-0.25, -0.2) is 4.79 Å². The lowest BCUT2D eigenvalue weighted by molar-refractivity contribution is -0.119. The molecule has 0 unspecified atom stereocenters. The van der Waals surface area contributed by atoms with Crippen LogP contribution in [0.2, 0.25) is 5.02 Å². The maximum atomic E-state index is 12.0. The van der Waals surface area contributed by atoms with Crippen molar-refractivity contribution < 1.29 is 19.4 Å². The smallest absolute Gasteiger partial charge is 0.342 e. The monoisotopic (exact) mass is 347 g/mol. The molecule has 6 heteroatoms. The van der Waals surface area contributed by atoms with Crippen LogP contribution in [0.1, 0.15) is 28.4 Å². The Balaban J connectivity index is 2.00. The van der Waals surface area contributed by atoms with Gasteiger partial charge in [0.2, 0.25) is 0 Å². The molecular weight excluding hydrogens is 330 g/mol. The number of benzene rings is 2. The number of para-hydroxylation sites is 1. The van der Waals surface area contributed by atoms with Gasteiger partial charge in [0.05, 0.1) is 0 Å². The van der Waals surface area contributed by atoms with E-state index in [-0.39, 0.29) is 11.3 Å². The summed E-state index contributed by atoms with van der Waals surface area (Å²) in [5.41, 5.74) is 2.63. The lowest BCUT2D eigenvalue weighted by Crippen LogP contribution is -2.22. The second kappa shape index (κ2) is 7.84. The van der Waals surface area contributed by atoms with Crippen molar-refractivity contribution >= 4 is 29.2 Å². The second-order valence-corrected chi connectivity index (χ2v) is 5.68. The number of phenols is 1. The Kier molecular flexibility index (Phi) is 5.82. The molecule has 0 aromatic heterocycles. The predicted molar refractivity (Wildman–Crippen MR) is 92.6 cm³/mol. The summed E-state index contributed by atoms with van der Waals surface area (Å²) in [4.78, 5) is 24.0. The molecule has 24 heavy (non-hydrogen) atoms. The number of ether oxygens (including phenoxy) is 1. The number of aryl methyl sites for hydroxylation is 2. The summed E-state index contributed by atoms with van der Waals surface area (Å²) in [5.74, 6) is -1.53. The molecule has 0 aliphatic carbocycles. The van der Waals surface area contributed by atoms with Gasteiger partial charge in [0, 0.05) is 10.7 Å². The Morgan fingerprint density at radius 1 is 1.25 bits per heavy atom. The molecule has 2 N–H and O–H groups in total. The molecule has 126 valence electrons. The minimum atomic E-state index is -0.792. The quantitative estimate of drug-likeness (QED) is 0.808. The van der Waals surface area contributed by atoms with E-state index >= 15 is 0 Å². The zero-order chi connectivity index (χ0) is 17.7. The van der Waals surface area contributed by atoms with E-state index < -0.39 is 18.5 Å². The Hall–Kier alpha value is -2.53. The summed E-state index contributed by atoms with van der Waals surface area (Å²) in [6.07, 6.45) is 0.774. The fourth-order valence-corrected chi connectivity index (χ4v) is 2.43. The summed E-state index contributed by atoms with van der Waals surface area (Å²) in [6, 6.07) is 9.78. The van der Waals surface area contributed by atoms with Crippen LogP contribution in [0, 0.1) is 6.92 Å². The molecule has 2 aromatic rings. The summed E-state index contributed by atoms with van der Waals surface area (Å²) >= 11 is 5.71. The van der Waals surface area contributed by atoms with Gasteiger partial charge in [-0.1, -0.05) is 36.7 Å². The molecule has 1 amide bonds. The zero-order valence-corrected chi connectivity index (χ0v) is 14.2. The second-order valence-electron chi connectivity index (χ2n) is 5.25. The Labute approximate surface area is 145 Å². The predicted octanol–water partition coefficient (Wildman–Crippen LogP) is 3.71. The van der Waals surface area contributed by atoms with Gasteiger partial charge in [-0.3, -0.25) is 4.79 Å². The molecular formula is C18H18ClNO4. The summed E-state index contributed by atoms with van der Waals surface area (Å²) in [6.45, 7) is 3.44. The highest BCUT2D eigenvalue weighted by Gasteiger charge is 2.15. The number of nitrogens with one attached hydrogen (secondary N) is 1. The highest BCUT2D eigenvalue weighted by Crippen LogP contribution is 2.23. The van der Waals surface area contributed by atoms with E-state index in [1.807, 2.05) is 32.0 Å². The average Bonchev–Trinajstić information content (AvgIpc) is 2.54. The number of amides is 1. The molecule has 0 spiro atoms. The van der Waals surface area contributed by atoms with E-state index in [9.17, 15) is 14.7 Å². The van der Waals surface area contributed by atoms with Crippen molar-refractivity contribution in [3.05, 3.63) is 58.1 Å². The lowest BCUT2D eigenvalue weighted by atomic mass is 10.1. The van der Waals surface area contributed by atoms with Crippen molar-refractivity contribution in [1.82, 2.24) is 0 Å².